The van der Waals surface area contributed by atoms with Crippen molar-refractivity contribution in [3.8, 4) is 0 Å². The van der Waals surface area contributed by atoms with Gasteiger partial charge in [0.05, 0.1) is 9.89 Å². The molecule has 1 aliphatic heterocycles. The minimum atomic E-state index is 0. The van der Waals surface area contributed by atoms with Crippen LogP contribution in [0.25, 0.3) is 0 Å². The van der Waals surface area contributed by atoms with E-state index in [2.05, 4.69) is 64.5 Å². The van der Waals surface area contributed by atoms with Gasteiger partial charge in [0.2, 0.25) is 0 Å². The number of ether oxygens (including phenoxy) is 1. The van der Waals surface area contributed by atoms with E-state index in [1.165, 1.54) is 15.1 Å². The molecule has 0 radical (unpaired) electrons. The number of hydrogen-bond acceptors (Lipinski definition) is 3. The molecular formula is C18H31BrIN3OS. The third kappa shape index (κ3) is 7.72. The van der Waals surface area contributed by atoms with Crippen LogP contribution in [-0.4, -0.2) is 38.8 Å². The average molecular weight is 544 g/mol. The standard InChI is InChI=1S/C18H30BrN3OS.HI/c1-18(2,3)16-13(6-5-11-23-16)12-22-17(20-4)21-10-9-14-7-8-15(19)24-14;/h7-8,13,16H,5-6,9-12H2,1-4H3,(H2,20,21,22);1H. The summed E-state index contributed by atoms with van der Waals surface area (Å²) in [6.07, 6.45) is 3.68. The lowest BCUT2D eigenvalue weighted by Gasteiger charge is -2.40. The summed E-state index contributed by atoms with van der Waals surface area (Å²) in [5, 5.41) is 6.90. The van der Waals surface area contributed by atoms with Crippen molar-refractivity contribution in [2.75, 3.05) is 26.7 Å². The summed E-state index contributed by atoms with van der Waals surface area (Å²) in [6.45, 7) is 9.48. The van der Waals surface area contributed by atoms with Crippen LogP contribution in [0.2, 0.25) is 0 Å². The molecule has 7 heteroatoms. The Balaban J connectivity index is 0.00000312. The van der Waals surface area contributed by atoms with Gasteiger partial charge in [0.1, 0.15) is 0 Å². The van der Waals surface area contributed by atoms with Crippen molar-refractivity contribution in [2.24, 2.45) is 16.3 Å². The molecule has 1 aromatic heterocycles. The SMILES string of the molecule is CN=C(NCCc1ccc(Br)s1)NCC1CCCOC1C(C)(C)C.I. The van der Waals surface area contributed by atoms with Crippen molar-refractivity contribution < 1.29 is 4.74 Å². The van der Waals surface area contributed by atoms with E-state index in [1.54, 1.807) is 11.3 Å². The molecule has 1 aliphatic rings. The van der Waals surface area contributed by atoms with Gasteiger partial charge in [0.15, 0.2) is 5.96 Å². The summed E-state index contributed by atoms with van der Waals surface area (Å²) >= 11 is 5.29. The van der Waals surface area contributed by atoms with Crippen molar-refractivity contribution in [2.45, 2.75) is 46.1 Å². The maximum atomic E-state index is 6.06. The molecule has 0 spiro atoms. The van der Waals surface area contributed by atoms with Crippen LogP contribution in [0.3, 0.4) is 0 Å². The molecule has 0 bridgehead atoms. The Labute approximate surface area is 181 Å². The molecule has 2 N–H and O–H groups in total. The number of nitrogens with one attached hydrogen (secondary N) is 2. The second-order valence-electron chi connectivity index (χ2n) is 7.40. The lowest BCUT2D eigenvalue weighted by Crippen LogP contribution is -2.47. The molecule has 0 amide bonds. The van der Waals surface area contributed by atoms with Crippen LogP contribution in [0.15, 0.2) is 20.9 Å². The number of guanidine groups is 1. The van der Waals surface area contributed by atoms with E-state index in [0.29, 0.717) is 12.0 Å². The molecule has 1 aromatic rings. The highest BCUT2D eigenvalue weighted by Gasteiger charge is 2.35. The van der Waals surface area contributed by atoms with Crippen molar-refractivity contribution in [3.05, 3.63) is 20.8 Å². The first-order valence-electron chi connectivity index (χ1n) is 8.70. The monoisotopic (exact) mass is 543 g/mol. The van der Waals surface area contributed by atoms with E-state index in [0.717, 1.165) is 38.5 Å². The van der Waals surface area contributed by atoms with Gasteiger partial charge in [-0.25, -0.2) is 0 Å². The van der Waals surface area contributed by atoms with E-state index >= 15 is 0 Å². The zero-order chi connectivity index (χ0) is 17.6. The maximum Gasteiger partial charge on any atom is 0.190 e. The maximum absolute atomic E-state index is 6.06. The number of thiophene rings is 1. The van der Waals surface area contributed by atoms with E-state index in [-0.39, 0.29) is 29.4 Å². The van der Waals surface area contributed by atoms with Crippen LogP contribution in [0, 0.1) is 11.3 Å². The zero-order valence-corrected chi connectivity index (χ0v) is 20.3. The predicted octanol–water partition coefficient (Wildman–Crippen LogP) is 4.68. The number of aliphatic imine (C=N–C) groups is 1. The summed E-state index contributed by atoms with van der Waals surface area (Å²) in [4.78, 5) is 5.72. The molecule has 1 saturated heterocycles. The number of nitrogens with zero attached hydrogens (tertiary/aromatic N) is 1. The van der Waals surface area contributed by atoms with Crippen LogP contribution >= 0.6 is 51.2 Å². The Bertz CT molecular complexity index is 545. The molecule has 2 heterocycles. The van der Waals surface area contributed by atoms with Crippen molar-refractivity contribution >= 4 is 57.2 Å². The van der Waals surface area contributed by atoms with Gasteiger partial charge in [-0.3, -0.25) is 4.99 Å². The largest absolute Gasteiger partial charge is 0.377 e. The van der Waals surface area contributed by atoms with E-state index < -0.39 is 0 Å². The lowest BCUT2D eigenvalue weighted by atomic mass is 9.78. The third-order valence-electron chi connectivity index (χ3n) is 4.35. The zero-order valence-electron chi connectivity index (χ0n) is 15.6. The minimum Gasteiger partial charge on any atom is -0.377 e. The smallest absolute Gasteiger partial charge is 0.190 e. The molecule has 25 heavy (non-hydrogen) atoms. The van der Waals surface area contributed by atoms with Gasteiger partial charge in [-0.1, -0.05) is 20.8 Å². The Morgan fingerprint density at radius 2 is 2.12 bits per heavy atom. The van der Waals surface area contributed by atoms with Gasteiger partial charge in [-0.15, -0.1) is 35.3 Å². The van der Waals surface area contributed by atoms with Crippen molar-refractivity contribution in [1.29, 1.82) is 0 Å². The second kappa shape index (κ2) is 11.1. The fraction of sp³-hybridized carbons (Fsp3) is 0.722. The molecule has 0 saturated carbocycles. The normalized spacial score (nSPS) is 21.6. The van der Waals surface area contributed by atoms with Crippen LogP contribution < -0.4 is 10.6 Å². The fourth-order valence-electron chi connectivity index (χ4n) is 3.25. The molecule has 1 fully saturated rings. The quantitative estimate of drug-likeness (QED) is 0.322. The van der Waals surface area contributed by atoms with Crippen molar-refractivity contribution in [1.82, 2.24) is 10.6 Å². The van der Waals surface area contributed by atoms with Gasteiger partial charge in [-0.05, 0) is 52.7 Å². The van der Waals surface area contributed by atoms with E-state index in [1.807, 2.05) is 7.05 Å². The molecule has 0 aliphatic carbocycles. The Kier molecular flexibility index (Phi) is 10.3. The molecule has 2 rings (SSSR count). The van der Waals surface area contributed by atoms with Gasteiger partial charge >= 0.3 is 0 Å². The Morgan fingerprint density at radius 1 is 1.36 bits per heavy atom. The van der Waals surface area contributed by atoms with Gasteiger partial charge in [0.25, 0.3) is 0 Å². The highest BCUT2D eigenvalue weighted by atomic mass is 127. The highest BCUT2D eigenvalue weighted by molar-refractivity contribution is 14.0. The van der Waals surface area contributed by atoms with Crippen molar-refractivity contribution in [3.63, 3.8) is 0 Å². The first kappa shape index (κ1) is 23.2. The summed E-state index contributed by atoms with van der Waals surface area (Å²) in [5.41, 5.74) is 0.177. The fourth-order valence-corrected chi connectivity index (χ4v) is 4.73. The van der Waals surface area contributed by atoms with Crippen LogP contribution in [0.5, 0.6) is 0 Å². The summed E-state index contributed by atoms with van der Waals surface area (Å²) in [7, 11) is 1.83. The highest BCUT2D eigenvalue weighted by Crippen LogP contribution is 2.33. The Hall–Kier alpha value is 0.140. The molecule has 0 aromatic carbocycles. The third-order valence-corrected chi connectivity index (χ3v) is 6.03. The van der Waals surface area contributed by atoms with Crippen LogP contribution in [0.4, 0.5) is 0 Å². The lowest BCUT2D eigenvalue weighted by molar-refractivity contribution is -0.0835. The predicted molar refractivity (Wildman–Crippen MR) is 122 cm³/mol. The minimum absolute atomic E-state index is 0. The summed E-state index contributed by atoms with van der Waals surface area (Å²) in [5.74, 6) is 1.41. The van der Waals surface area contributed by atoms with Gasteiger partial charge < -0.3 is 15.4 Å². The molecule has 2 unspecified atom stereocenters. The number of halogens is 2. The topological polar surface area (TPSA) is 45.7 Å². The second-order valence-corrected chi connectivity index (χ2v) is 9.94. The van der Waals surface area contributed by atoms with E-state index in [9.17, 15) is 0 Å². The van der Waals surface area contributed by atoms with Crippen LogP contribution in [0.1, 0.15) is 38.5 Å². The average Bonchev–Trinajstić information content (AvgIpc) is 2.95. The van der Waals surface area contributed by atoms with Crippen LogP contribution in [-0.2, 0) is 11.2 Å². The number of rotatable bonds is 5. The first-order chi connectivity index (χ1) is 11.4. The molecular weight excluding hydrogens is 513 g/mol. The molecule has 4 nitrogen and oxygen atoms in total. The van der Waals surface area contributed by atoms with Gasteiger partial charge in [0, 0.05) is 37.5 Å². The summed E-state index contributed by atoms with van der Waals surface area (Å²) < 4.78 is 7.24. The molecule has 144 valence electrons. The van der Waals surface area contributed by atoms with E-state index in [4.69, 9.17) is 4.74 Å². The molecule has 2 atom stereocenters. The summed E-state index contributed by atoms with van der Waals surface area (Å²) in [6, 6.07) is 4.27. The first-order valence-corrected chi connectivity index (χ1v) is 10.3. The van der Waals surface area contributed by atoms with Gasteiger partial charge in [-0.2, -0.15) is 0 Å². The number of hydrogen-bond donors (Lipinski definition) is 2. The Morgan fingerprint density at radius 3 is 2.72 bits per heavy atom.